The molecule has 2 rings (SSSR count). The number of anilines is 1. The topological polar surface area (TPSA) is 106 Å². The number of aryl methyl sites for hydroxylation is 1. The molecule has 21 heavy (non-hydrogen) atoms. The molecule has 1 aromatic rings. The number of sulfonamides is 1. The Balaban J connectivity index is 2.22. The standard InChI is InChI=1S/C12H17FN2O4S2/c1-8-6-10(13)11(14)7-12(8)21(18,19)15-9-2-4-20(16,17)5-3-9/h6-7,9,15H,2-5,14H2,1H3. The Kier molecular flexibility index (Phi) is 4.27. The monoisotopic (exact) mass is 336 g/mol. The molecule has 1 aliphatic heterocycles. The third-order valence-corrected chi connectivity index (χ3v) is 6.84. The van der Waals surface area contributed by atoms with Gasteiger partial charge < -0.3 is 5.73 Å². The highest BCUT2D eigenvalue weighted by Gasteiger charge is 2.28. The van der Waals surface area contributed by atoms with Crippen molar-refractivity contribution in [2.75, 3.05) is 17.2 Å². The Morgan fingerprint density at radius 3 is 2.43 bits per heavy atom. The first kappa shape index (κ1) is 16.2. The lowest BCUT2D eigenvalue weighted by atomic mass is 10.2. The Bertz CT molecular complexity index is 746. The van der Waals surface area contributed by atoms with Crippen LogP contribution in [0.1, 0.15) is 18.4 Å². The smallest absolute Gasteiger partial charge is 0.241 e. The molecule has 1 aliphatic rings. The quantitative estimate of drug-likeness (QED) is 0.785. The van der Waals surface area contributed by atoms with Crippen molar-refractivity contribution in [3.63, 3.8) is 0 Å². The molecule has 0 unspecified atom stereocenters. The lowest BCUT2D eigenvalue weighted by molar-refractivity contribution is 0.505. The zero-order chi connectivity index (χ0) is 15.8. The Morgan fingerprint density at radius 2 is 1.86 bits per heavy atom. The van der Waals surface area contributed by atoms with Crippen LogP contribution in [-0.2, 0) is 19.9 Å². The molecule has 6 nitrogen and oxygen atoms in total. The van der Waals surface area contributed by atoms with Crippen molar-refractivity contribution in [3.05, 3.63) is 23.5 Å². The molecule has 1 saturated heterocycles. The van der Waals surface area contributed by atoms with Crippen LogP contribution in [0.5, 0.6) is 0 Å². The Morgan fingerprint density at radius 1 is 1.29 bits per heavy atom. The van der Waals surface area contributed by atoms with Gasteiger partial charge in [-0.15, -0.1) is 0 Å². The molecule has 9 heteroatoms. The molecule has 0 aliphatic carbocycles. The normalized spacial score (nSPS) is 19.5. The molecule has 1 fully saturated rings. The Labute approximate surface area is 123 Å². The lowest BCUT2D eigenvalue weighted by Gasteiger charge is -2.23. The van der Waals surface area contributed by atoms with Gasteiger partial charge in [0.05, 0.1) is 22.1 Å². The highest BCUT2D eigenvalue weighted by molar-refractivity contribution is 7.91. The molecule has 0 spiro atoms. The summed E-state index contributed by atoms with van der Waals surface area (Å²) < 4.78 is 63.0. The minimum Gasteiger partial charge on any atom is -0.396 e. The van der Waals surface area contributed by atoms with Crippen LogP contribution in [0.3, 0.4) is 0 Å². The van der Waals surface area contributed by atoms with E-state index in [9.17, 15) is 21.2 Å². The zero-order valence-electron chi connectivity index (χ0n) is 11.5. The van der Waals surface area contributed by atoms with Crippen LogP contribution in [0.2, 0.25) is 0 Å². The number of hydrogen-bond donors (Lipinski definition) is 2. The molecule has 1 aromatic carbocycles. The summed E-state index contributed by atoms with van der Waals surface area (Å²) in [5.74, 6) is -0.745. The van der Waals surface area contributed by atoms with Crippen LogP contribution in [0, 0.1) is 12.7 Å². The highest BCUT2D eigenvalue weighted by Crippen LogP contribution is 2.23. The molecular weight excluding hydrogens is 319 g/mol. The highest BCUT2D eigenvalue weighted by atomic mass is 32.2. The average molecular weight is 336 g/mol. The van der Waals surface area contributed by atoms with Crippen molar-refractivity contribution >= 4 is 25.5 Å². The van der Waals surface area contributed by atoms with E-state index in [2.05, 4.69) is 4.72 Å². The van der Waals surface area contributed by atoms with Gasteiger partial charge in [-0.1, -0.05) is 0 Å². The second-order valence-electron chi connectivity index (χ2n) is 5.19. The molecule has 3 N–H and O–H groups in total. The van der Waals surface area contributed by atoms with Gasteiger partial charge in [-0.05, 0) is 37.5 Å². The lowest BCUT2D eigenvalue weighted by Crippen LogP contribution is -2.41. The predicted octanol–water partition coefficient (Wildman–Crippen LogP) is 0.572. The molecule has 0 atom stereocenters. The summed E-state index contributed by atoms with van der Waals surface area (Å²) in [6.45, 7) is 1.47. The number of benzene rings is 1. The summed E-state index contributed by atoms with van der Waals surface area (Å²) in [6.07, 6.45) is 0.467. The first-order chi connectivity index (χ1) is 9.61. The van der Waals surface area contributed by atoms with Crippen LogP contribution in [0.25, 0.3) is 0 Å². The van der Waals surface area contributed by atoms with E-state index in [4.69, 9.17) is 5.73 Å². The third kappa shape index (κ3) is 3.72. The van der Waals surface area contributed by atoms with E-state index in [0.29, 0.717) is 0 Å². The van der Waals surface area contributed by atoms with Crippen molar-refractivity contribution in [1.82, 2.24) is 4.72 Å². The second kappa shape index (κ2) is 5.54. The summed E-state index contributed by atoms with van der Waals surface area (Å²) >= 11 is 0. The van der Waals surface area contributed by atoms with Gasteiger partial charge in [0, 0.05) is 6.04 Å². The van der Waals surface area contributed by atoms with Gasteiger partial charge in [0.15, 0.2) is 0 Å². The fraction of sp³-hybridized carbons (Fsp3) is 0.500. The van der Waals surface area contributed by atoms with E-state index in [1.165, 1.54) is 6.92 Å². The molecular formula is C12H17FN2O4S2. The Hall–Kier alpha value is -1.19. The van der Waals surface area contributed by atoms with Crippen LogP contribution >= 0.6 is 0 Å². The van der Waals surface area contributed by atoms with Gasteiger partial charge >= 0.3 is 0 Å². The van der Waals surface area contributed by atoms with E-state index in [-0.39, 0.29) is 40.5 Å². The summed E-state index contributed by atoms with van der Waals surface area (Å²) in [5.41, 5.74) is 5.41. The van der Waals surface area contributed by atoms with Crippen molar-refractivity contribution < 1.29 is 21.2 Å². The SMILES string of the molecule is Cc1cc(F)c(N)cc1S(=O)(=O)NC1CCS(=O)(=O)CC1. The van der Waals surface area contributed by atoms with Crippen molar-refractivity contribution in [2.45, 2.75) is 30.7 Å². The predicted molar refractivity (Wildman–Crippen MR) is 77.5 cm³/mol. The van der Waals surface area contributed by atoms with Crippen LogP contribution in [0.15, 0.2) is 17.0 Å². The van der Waals surface area contributed by atoms with Gasteiger partial charge in [-0.25, -0.2) is 25.9 Å². The van der Waals surface area contributed by atoms with E-state index in [0.717, 1.165) is 12.1 Å². The van der Waals surface area contributed by atoms with E-state index in [1.54, 1.807) is 0 Å². The van der Waals surface area contributed by atoms with Crippen molar-refractivity contribution in [2.24, 2.45) is 0 Å². The van der Waals surface area contributed by atoms with Gasteiger partial charge in [0.1, 0.15) is 15.7 Å². The fourth-order valence-corrected chi connectivity index (χ4v) is 5.31. The van der Waals surface area contributed by atoms with Crippen LogP contribution < -0.4 is 10.5 Å². The number of nitrogens with one attached hydrogen (secondary N) is 1. The summed E-state index contributed by atoms with van der Waals surface area (Å²) in [5, 5.41) is 0. The molecule has 0 bridgehead atoms. The molecule has 0 saturated carbocycles. The van der Waals surface area contributed by atoms with Gasteiger partial charge in [-0.3, -0.25) is 0 Å². The van der Waals surface area contributed by atoms with Crippen molar-refractivity contribution in [1.29, 1.82) is 0 Å². The maximum atomic E-state index is 13.3. The maximum absolute atomic E-state index is 13.3. The van der Waals surface area contributed by atoms with Gasteiger partial charge in [0.25, 0.3) is 0 Å². The van der Waals surface area contributed by atoms with E-state index in [1.807, 2.05) is 0 Å². The van der Waals surface area contributed by atoms with Crippen molar-refractivity contribution in [3.8, 4) is 0 Å². The average Bonchev–Trinajstić information content (AvgIpc) is 2.36. The van der Waals surface area contributed by atoms with E-state index < -0.39 is 31.7 Å². The zero-order valence-corrected chi connectivity index (χ0v) is 13.1. The molecule has 0 amide bonds. The van der Waals surface area contributed by atoms with E-state index >= 15 is 0 Å². The number of rotatable bonds is 3. The minimum atomic E-state index is -3.86. The summed E-state index contributed by atoms with van der Waals surface area (Å²) in [6, 6.07) is 1.70. The van der Waals surface area contributed by atoms with Gasteiger partial charge in [-0.2, -0.15) is 0 Å². The number of nitrogen functional groups attached to an aromatic ring is 1. The number of halogens is 1. The molecule has 0 radical (unpaired) electrons. The number of nitrogens with two attached hydrogens (primary N) is 1. The first-order valence-corrected chi connectivity index (χ1v) is 9.69. The molecule has 1 heterocycles. The van der Waals surface area contributed by atoms with Gasteiger partial charge in [0.2, 0.25) is 10.0 Å². The molecule has 0 aromatic heterocycles. The number of sulfone groups is 1. The largest absolute Gasteiger partial charge is 0.396 e. The fourth-order valence-electron chi connectivity index (χ4n) is 2.25. The minimum absolute atomic E-state index is 0.0370. The second-order valence-corrected chi connectivity index (χ2v) is 9.17. The number of hydrogen-bond acceptors (Lipinski definition) is 5. The summed E-state index contributed by atoms with van der Waals surface area (Å²) in [4.78, 5) is -0.0881. The van der Waals surface area contributed by atoms with Crippen LogP contribution in [-0.4, -0.2) is 34.4 Å². The first-order valence-electron chi connectivity index (χ1n) is 6.39. The third-order valence-electron chi connectivity index (χ3n) is 3.46. The summed E-state index contributed by atoms with van der Waals surface area (Å²) in [7, 11) is -6.92. The molecule has 118 valence electrons. The van der Waals surface area contributed by atoms with Crippen LogP contribution in [0.4, 0.5) is 10.1 Å². The maximum Gasteiger partial charge on any atom is 0.241 e.